The molecule has 0 atom stereocenters. The Morgan fingerprint density at radius 2 is 1.84 bits per heavy atom. The summed E-state index contributed by atoms with van der Waals surface area (Å²) < 4.78 is 27.9. The molecular formula is C22H25ClN4O3S2. The number of aryl methyl sites for hydroxylation is 1. The van der Waals surface area contributed by atoms with E-state index in [1.165, 1.54) is 21.2 Å². The fourth-order valence-electron chi connectivity index (χ4n) is 3.19. The minimum atomic E-state index is -3.82. The predicted octanol–water partition coefficient (Wildman–Crippen LogP) is 4.47. The molecule has 10 heteroatoms. The lowest BCUT2D eigenvalue weighted by atomic mass is 10.1. The summed E-state index contributed by atoms with van der Waals surface area (Å²) in [6.07, 6.45) is 0.561. The fourth-order valence-corrected chi connectivity index (χ4v) is 6.10. The summed E-state index contributed by atoms with van der Waals surface area (Å²) in [5.41, 5.74) is 3.09. The number of hydrogen-bond donors (Lipinski definition) is 1. The summed E-state index contributed by atoms with van der Waals surface area (Å²) in [7, 11) is -3.82. The topological polar surface area (TPSA) is 92.3 Å². The van der Waals surface area contributed by atoms with Gasteiger partial charge in [-0.2, -0.15) is 0 Å². The molecule has 32 heavy (non-hydrogen) atoms. The van der Waals surface area contributed by atoms with Gasteiger partial charge in [0.05, 0.1) is 10.4 Å². The highest BCUT2D eigenvalue weighted by Gasteiger charge is 2.36. The van der Waals surface area contributed by atoms with Gasteiger partial charge < -0.3 is 5.32 Å². The number of anilines is 1. The molecule has 1 aromatic heterocycles. The van der Waals surface area contributed by atoms with Crippen molar-refractivity contribution in [3.63, 3.8) is 0 Å². The zero-order valence-corrected chi connectivity index (χ0v) is 20.7. The molecule has 0 saturated heterocycles. The summed E-state index contributed by atoms with van der Waals surface area (Å²) in [4.78, 5) is 12.6. The van der Waals surface area contributed by atoms with E-state index in [2.05, 4.69) is 15.5 Å². The van der Waals surface area contributed by atoms with Gasteiger partial charge in [0.1, 0.15) is 5.51 Å². The molecule has 1 heterocycles. The van der Waals surface area contributed by atoms with Crippen LogP contribution in [0.3, 0.4) is 0 Å². The molecule has 1 amide bonds. The first-order valence-corrected chi connectivity index (χ1v) is 12.6. The maximum atomic E-state index is 13.3. The normalized spacial score (nSPS) is 11.9. The number of nitrogens with one attached hydrogen (secondary N) is 1. The van der Waals surface area contributed by atoms with Crippen molar-refractivity contribution in [2.24, 2.45) is 0 Å². The number of carbonyl (C=O) groups is 1. The van der Waals surface area contributed by atoms with E-state index in [4.69, 9.17) is 11.6 Å². The molecule has 1 N–H and O–H groups in total. The maximum absolute atomic E-state index is 13.3. The Morgan fingerprint density at radius 3 is 2.44 bits per heavy atom. The first kappa shape index (κ1) is 24.2. The van der Waals surface area contributed by atoms with E-state index in [0.29, 0.717) is 28.7 Å². The molecule has 0 aliphatic rings. The first-order valence-electron chi connectivity index (χ1n) is 9.95. The smallest absolute Gasteiger partial charge is 0.266 e. The van der Waals surface area contributed by atoms with E-state index in [9.17, 15) is 13.2 Å². The van der Waals surface area contributed by atoms with Gasteiger partial charge in [0, 0.05) is 17.1 Å². The van der Waals surface area contributed by atoms with E-state index in [-0.39, 0.29) is 10.8 Å². The number of aromatic nitrogens is 2. The quantitative estimate of drug-likeness (QED) is 0.525. The van der Waals surface area contributed by atoms with Crippen molar-refractivity contribution in [2.75, 3.05) is 10.8 Å². The third-order valence-corrected chi connectivity index (χ3v) is 7.83. The highest BCUT2D eigenvalue weighted by Crippen LogP contribution is 2.32. The van der Waals surface area contributed by atoms with Crippen LogP contribution in [0.15, 0.2) is 52.9 Å². The number of rotatable bonds is 7. The molecule has 0 radical (unpaired) electrons. The van der Waals surface area contributed by atoms with E-state index >= 15 is 0 Å². The van der Waals surface area contributed by atoms with Crippen LogP contribution in [0.1, 0.15) is 42.3 Å². The number of amides is 1. The maximum Gasteiger partial charge on any atom is 0.266 e. The van der Waals surface area contributed by atoms with Crippen molar-refractivity contribution >= 4 is 44.0 Å². The molecule has 0 unspecified atom stereocenters. The Balaban J connectivity index is 1.69. The number of hydrogen-bond acceptors (Lipinski definition) is 6. The predicted molar refractivity (Wildman–Crippen MR) is 128 cm³/mol. The second kappa shape index (κ2) is 9.56. The van der Waals surface area contributed by atoms with Crippen molar-refractivity contribution in [3.8, 4) is 0 Å². The lowest BCUT2D eigenvalue weighted by molar-refractivity contribution is 0.0953. The molecule has 0 bridgehead atoms. The second-order valence-corrected chi connectivity index (χ2v) is 11.3. The Bertz CT molecular complexity index is 1190. The fraction of sp³-hybridized carbons (Fsp3) is 0.318. The minimum absolute atomic E-state index is 0.171. The van der Waals surface area contributed by atoms with Crippen LogP contribution in [-0.4, -0.2) is 36.6 Å². The Morgan fingerprint density at radius 1 is 1.16 bits per heavy atom. The molecule has 0 spiro atoms. The minimum Gasteiger partial charge on any atom is -0.352 e. The monoisotopic (exact) mass is 492 g/mol. The van der Waals surface area contributed by atoms with Crippen LogP contribution in [-0.2, 0) is 16.4 Å². The number of carbonyl (C=O) groups excluding carboxylic acids is 1. The highest BCUT2D eigenvalue weighted by molar-refractivity contribution is 7.93. The van der Waals surface area contributed by atoms with Crippen LogP contribution in [0.4, 0.5) is 5.13 Å². The molecule has 0 saturated carbocycles. The lowest BCUT2D eigenvalue weighted by Gasteiger charge is -2.33. The van der Waals surface area contributed by atoms with Crippen LogP contribution >= 0.6 is 22.9 Å². The molecule has 0 aliphatic heterocycles. The molecule has 0 fully saturated rings. The zero-order chi connectivity index (χ0) is 23.5. The van der Waals surface area contributed by atoms with Gasteiger partial charge in [-0.3, -0.25) is 4.79 Å². The molecule has 2 aromatic carbocycles. The third kappa shape index (κ3) is 5.46. The van der Waals surface area contributed by atoms with Gasteiger partial charge in [-0.15, -0.1) is 10.2 Å². The summed E-state index contributed by atoms with van der Waals surface area (Å²) in [6.45, 7) is 7.70. The van der Waals surface area contributed by atoms with Gasteiger partial charge in [-0.1, -0.05) is 41.1 Å². The van der Waals surface area contributed by atoms with Gasteiger partial charge in [-0.25, -0.2) is 12.7 Å². The van der Waals surface area contributed by atoms with Crippen molar-refractivity contribution in [2.45, 2.75) is 44.6 Å². The average molecular weight is 493 g/mol. The summed E-state index contributed by atoms with van der Waals surface area (Å²) in [6, 6.07) is 11.9. The van der Waals surface area contributed by atoms with Gasteiger partial charge in [0.25, 0.3) is 15.9 Å². The number of nitrogens with zero attached hydrogens (tertiary/aromatic N) is 3. The highest BCUT2D eigenvalue weighted by atomic mass is 35.5. The molecule has 170 valence electrons. The molecular weight excluding hydrogens is 468 g/mol. The first-order chi connectivity index (χ1) is 15.0. The Kier molecular flexibility index (Phi) is 7.22. The Labute approximate surface area is 197 Å². The van der Waals surface area contributed by atoms with E-state index in [1.807, 2.05) is 27.7 Å². The van der Waals surface area contributed by atoms with Crippen LogP contribution < -0.4 is 9.62 Å². The summed E-state index contributed by atoms with van der Waals surface area (Å²) in [5, 5.41) is 11.4. The summed E-state index contributed by atoms with van der Waals surface area (Å²) in [5.74, 6) is -0.193. The van der Waals surface area contributed by atoms with Crippen LogP contribution in [0, 0.1) is 6.92 Å². The van der Waals surface area contributed by atoms with Crippen LogP contribution in [0.2, 0.25) is 5.02 Å². The molecule has 3 rings (SSSR count). The average Bonchev–Trinajstić information content (AvgIpc) is 3.22. The van der Waals surface area contributed by atoms with E-state index in [1.54, 1.807) is 42.5 Å². The third-order valence-electron chi connectivity index (χ3n) is 4.74. The van der Waals surface area contributed by atoms with Crippen molar-refractivity contribution in [3.05, 3.63) is 69.7 Å². The zero-order valence-electron chi connectivity index (χ0n) is 18.3. The molecule has 7 nitrogen and oxygen atoms in total. The van der Waals surface area contributed by atoms with Crippen molar-refractivity contribution < 1.29 is 13.2 Å². The van der Waals surface area contributed by atoms with E-state index in [0.717, 1.165) is 11.1 Å². The van der Waals surface area contributed by atoms with Crippen LogP contribution in [0.25, 0.3) is 0 Å². The van der Waals surface area contributed by atoms with Crippen molar-refractivity contribution in [1.29, 1.82) is 0 Å². The lowest BCUT2D eigenvalue weighted by Crippen LogP contribution is -2.45. The van der Waals surface area contributed by atoms with E-state index < -0.39 is 15.6 Å². The van der Waals surface area contributed by atoms with Gasteiger partial charge in [-0.05, 0) is 69.5 Å². The Hall–Kier alpha value is -2.49. The number of benzene rings is 2. The van der Waals surface area contributed by atoms with Gasteiger partial charge in [0.15, 0.2) is 0 Å². The number of sulfonamides is 1. The van der Waals surface area contributed by atoms with Gasteiger partial charge >= 0.3 is 0 Å². The van der Waals surface area contributed by atoms with Crippen molar-refractivity contribution in [1.82, 2.24) is 15.5 Å². The molecule has 0 aliphatic carbocycles. The summed E-state index contributed by atoms with van der Waals surface area (Å²) >= 11 is 7.16. The second-order valence-electron chi connectivity index (χ2n) is 8.27. The largest absolute Gasteiger partial charge is 0.352 e. The SMILES string of the molecule is Cc1ccc(Cl)cc1C(=O)NCCc1ccc(S(=O)(=O)N(c2nncs2)C(C)(C)C)cc1. The standard InChI is InChI=1S/C22H25ClN4O3S2/c1-15-5-8-17(23)13-19(15)20(28)24-12-11-16-6-9-18(10-7-16)32(29,30)27(22(2,3)4)21-26-25-14-31-21/h5-10,13-14H,11-12H2,1-4H3,(H,24,28). The van der Waals surface area contributed by atoms with Crippen LogP contribution in [0.5, 0.6) is 0 Å². The molecule has 3 aromatic rings. The number of halogens is 1. The van der Waals surface area contributed by atoms with Gasteiger partial charge in [0.2, 0.25) is 5.13 Å².